The average Bonchev–Trinajstić information content (AvgIpc) is 2.74. The number of esters is 1. The van der Waals surface area contributed by atoms with E-state index in [0.29, 0.717) is 35.1 Å². The molecule has 0 radical (unpaired) electrons. The molecule has 6 nitrogen and oxygen atoms in total. The second kappa shape index (κ2) is 10.1. The maximum absolute atomic E-state index is 12.7. The van der Waals surface area contributed by atoms with Gasteiger partial charge in [0.25, 0.3) is 5.91 Å². The topological polar surface area (TPSA) is 70.7 Å². The molecule has 3 rings (SSSR count). The van der Waals surface area contributed by atoms with E-state index in [-0.39, 0.29) is 11.9 Å². The predicted molar refractivity (Wildman–Crippen MR) is 129 cm³/mol. The van der Waals surface area contributed by atoms with Gasteiger partial charge in [-0.3, -0.25) is 4.79 Å². The van der Waals surface area contributed by atoms with Gasteiger partial charge >= 0.3 is 5.97 Å². The van der Waals surface area contributed by atoms with Gasteiger partial charge in [0, 0.05) is 28.0 Å². The van der Waals surface area contributed by atoms with Crippen LogP contribution < -0.4 is 10.6 Å². The van der Waals surface area contributed by atoms with Crippen LogP contribution in [0.25, 0.3) is 0 Å². The monoisotopic (exact) mass is 501 g/mol. The van der Waals surface area contributed by atoms with Crippen LogP contribution in [-0.4, -0.2) is 35.0 Å². The molecule has 162 valence electrons. The number of nitrogens with zero attached hydrogens (tertiary/aromatic N) is 1. The number of amides is 1. The van der Waals surface area contributed by atoms with Crippen molar-refractivity contribution >= 4 is 50.8 Å². The maximum atomic E-state index is 12.7. The summed E-state index contributed by atoms with van der Waals surface area (Å²) in [5, 5.41) is 6.70. The van der Waals surface area contributed by atoms with E-state index in [1.54, 1.807) is 31.2 Å². The highest BCUT2D eigenvalue weighted by Crippen LogP contribution is 2.32. The Kier molecular flexibility index (Phi) is 7.46. The molecule has 0 saturated heterocycles. The molecule has 1 heterocycles. The molecule has 31 heavy (non-hydrogen) atoms. The van der Waals surface area contributed by atoms with Crippen molar-refractivity contribution in [2.45, 2.75) is 26.8 Å². The lowest BCUT2D eigenvalue weighted by molar-refractivity contribution is -0.139. The van der Waals surface area contributed by atoms with Crippen LogP contribution in [-0.2, 0) is 9.53 Å². The second-order valence-corrected chi connectivity index (χ2v) is 8.23. The van der Waals surface area contributed by atoms with Crippen molar-refractivity contribution in [1.29, 1.82) is 0 Å². The molecule has 1 aliphatic rings. The summed E-state index contributed by atoms with van der Waals surface area (Å²) in [5.41, 5.74) is 3.38. The van der Waals surface area contributed by atoms with E-state index in [2.05, 4.69) is 26.6 Å². The van der Waals surface area contributed by atoms with Gasteiger partial charge in [0.05, 0.1) is 18.2 Å². The summed E-state index contributed by atoms with van der Waals surface area (Å²) in [5.74, 6) is -0.565. The fraction of sp³-hybridized carbons (Fsp3) is 0.261. The van der Waals surface area contributed by atoms with Crippen LogP contribution in [0.15, 0.2) is 64.3 Å². The Hall–Kier alpha value is -2.71. The molecule has 8 heteroatoms. The molecule has 0 aliphatic carbocycles. The molecule has 2 aromatic carbocycles. The Bertz CT molecular complexity index is 1020. The first-order chi connectivity index (χ1) is 14.8. The predicted octanol–water partition coefficient (Wildman–Crippen LogP) is 4.79. The molecule has 0 bridgehead atoms. The summed E-state index contributed by atoms with van der Waals surface area (Å²) in [6.45, 7) is 6.57. The smallest absolute Gasteiger partial charge is 0.338 e. The number of hydrogen-bond donors (Lipinski definition) is 2. The summed E-state index contributed by atoms with van der Waals surface area (Å²) in [7, 11) is 0. The van der Waals surface area contributed by atoms with E-state index < -0.39 is 6.04 Å². The van der Waals surface area contributed by atoms with Gasteiger partial charge in [0.15, 0.2) is 5.11 Å². The van der Waals surface area contributed by atoms with Crippen LogP contribution in [0.4, 0.5) is 5.69 Å². The SMILES string of the molecule is CCOC(=O)C1=C(C)N(CC)C(=S)NC1c1ccc(NC(=O)c2ccc(Br)cc2)cc1. The zero-order chi connectivity index (χ0) is 22.5. The van der Waals surface area contributed by atoms with Gasteiger partial charge in [-0.15, -0.1) is 0 Å². The number of ether oxygens (including phenoxy) is 1. The Morgan fingerprint density at radius 1 is 1.13 bits per heavy atom. The lowest BCUT2D eigenvalue weighted by Crippen LogP contribution is -2.47. The number of rotatable bonds is 6. The normalized spacial score (nSPS) is 16.1. The number of carbonyl (C=O) groups is 2. The average molecular weight is 502 g/mol. The van der Waals surface area contributed by atoms with E-state index in [1.165, 1.54) is 0 Å². The number of carbonyl (C=O) groups excluding carboxylic acids is 2. The third-order valence-electron chi connectivity index (χ3n) is 5.02. The van der Waals surface area contributed by atoms with Crippen molar-refractivity contribution in [3.05, 3.63) is 75.4 Å². The van der Waals surface area contributed by atoms with Crippen LogP contribution in [0.5, 0.6) is 0 Å². The van der Waals surface area contributed by atoms with Crippen molar-refractivity contribution in [3.63, 3.8) is 0 Å². The van der Waals surface area contributed by atoms with Crippen molar-refractivity contribution in [2.24, 2.45) is 0 Å². The Morgan fingerprint density at radius 3 is 2.35 bits per heavy atom. The van der Waals surface area contributed by atoms with Crippen LogP contribution >= 0.6 is 28.1 Å². The first kappa shape index (κ1) is 23.0. The molecule has 1 atom stereocenters. The molecular formula is C23H24BrN3O3S. The van der Waals surface area contributed by atoms with Gasteiger partial charge < -0.3 is 20.3 Å². The van der Waals surface area contributed by atoms with Gasteiger partial charge in [-0.25, -0.2) is 4.79 Å². The summed E-state index contributed by atoms with van der Waals surface area (Å²) in [6.07, 6.45) is 0. The van der Waals surface area contributed by atoms with Gasteiger partial charge in [0.1, 0.15) is 0 Å². The first-order valence-corrected chi connectivity index (χ1v) is 11.2. The fourth-order valence-corrected chi connectivity index (χ4v) is 4.10. The van der Waals surface area contributed by atoms with Gasteiger partial charge in [-0.1, -0.05) is 28.1 Å². The number of allylic oxidation sites excluding steroid dienone is 1. The van der Waals surface area contributed by atoms with Crippen molar-refractivity contribution in [1.82, 2.24) is 10.2 Å². The lowest BCUT2D eigenvalue weighted by Gasteiger charge is -2.37. The van der Waals surface area contributed by atoms with Gasteiger partial charge in [-0.05, 0) is 75.0 Å². The Morgan fingerprint density at radius 2 is 1.77 bits per heavy atom. The minimum Gasteiger partial charge on any atom is -0.463 e. The third-order valence-corrected chi connectivity index (χ3v) is 5.88. The standard InChI is InChI=1S/C23H24BrN3O3S/c1-4-27-14(3)19(22(29)30-5-2)20(26-23(27)31)15-8-12-18(13-9-15)25-21(28)16-6-10-17(24)11-7-16/h6-13,20H,4-5H2,1-3H3,(H,25,28)(H,26,31). The van der Waals surface area contributed by atoms with Crippen molar-refractivity contribution in [2.75, 3.05) is 18.5 Å². The largest absolute Gasteiger partial charge is 0.463 e. The molecule has 2 aromatic rings. The number of halogens is 1. The molecule has 0 spiro atoms. The highest BCUT2D eigenvalue weighted by molar-refractivity contribution is 9.10. The second-order valence-electron chi connectivity index (χ2n) is 6.93. The molecule has 0 fully saturated rings. The van der Waals surface area contributed by atoms with Gasteiger partial charge in [-0.2, -0.15) is 0 Å². The number of thiocarbonyl (C=S) groups is 1. The molecule has 1 unspecified atom stereocenters. The zero-order valence-electron chi connectivity index (χ0n) is 17.6. The highest BCUT2D eigenvalue weighted by atomic mass is 79.9. The summed E-state index contributed by atoms with van der Waals surface area (Å²) in [4.78, 5) is 27.0. The molecule has 2 N–H and O–H groups in total. The summed E-state index contributed by atoms with van der Waals surface area (Å²) >= 11 is 8.86. The molecule has 1 aliphatic heterocycles. The number of hydrogen-bond acceptors (Lipinski definition) is 4. The van der Waals surface area contributed by atoms with Crippen LogP contribution in [0, 0.1) is 0 Å². The Balaban J connectivity index is 1.85. The lowest BCUT2D eigenvalue weighted by atomic mass is 9.95. The van der Waals surface area contributed by atoms with E-state index in [0.717, 1.165) is 15.7 Å². The van der Waals surface area contributed by atoms with Gasteiger partial charge in [0.2, 0.25) is 0 Å². The zero-order valence-corrected chi connectivity index (χ0v) is 20.0. The minimum atomic E-state index is -0.425. The van der Waals surface area contributed by atoms with Crippen LogP contribution in [0.1, 0.15) is 42.7 Å². The van der Waals surface area contributed by atoms with Crippen LogP contribution in [0.3, 0.4) is 0 Å². The fourth-order valence-electron chi connectivity index (χ4n) is 3.45. The third kappa shape index (κ3) is 5.14. The van der Waals surface area contributed by atoms with E-state index >= 15 is 0 Å². The molecular weight excluding hydrogens is 478 g/mol. The number of benzene rings is 2. The van der Waals surface area contributed by atoms with E-state index in [9.17, 15) is 9.59 Å². The van der Waals surface area contributed by atoms with Crippen molar-refractivity contribution in [3.8, 4) is 0 Å². The van der Waals surface area contributed by atoms with Crippen molar-refractivity contribution < 1.29 is 14.3 Å². The van der Waals surface area contributed by atoms with E-state index in [1.807, 2.05) is 43.0 Å². The highest BCUT2D eigenvalue weighted by Gasteiger charge is 2.34. The Labute approximate surface area is 195 Å². The maximum Gasteiger partial charge on any atom is 0.338 e. The van der Waals surface area contributed by atoms with Crippen LogP contribution in [0.2, 0.25) is 0 Å². The quantitative estimate of drug-likeness (QED) is 0.438. The molecule has 1 amide bonds. The molecule has 0 aromatic heterocycles. The summed E-state index contributed by atoms with van der Waals surface area (Å²) in [6, 6.07) is 14.1. The minimum absolute atomic E-state index is 0.196. The van der Waals surface area contributed by atoms with E-state index in [4.69, 9.17) is 17.0 Å². The molecule has 0 saturated carbocycles. The summed E-state index contributed by atoms with van der Waals surface area (Å²) < 4.78 is 6.21. The number of anilines is 1. The number of nitrogens with one attached hydrogen (secondary N) is 2. The first-order valence-electron chi connectivity index (χ1n) is 9.98.